The summed E-state index contributed by atoms with van der Waals surface area (Å²) in [6.07, 6.45) is 1.71. The van der Waals surface area contributed by atoms with Gasteiger partial charge in [-0.25, -0.2) is 0 Å². The molecule has 1 N–H and O–H groups in total. The summed E-state index contributed by atoms with van der Waals surface area (Å²) in [5.74, 6) is 0.289. The number of nitrogens with one attached hydrogen (secondary N) is 1. The Labute approximate surface area is 235 Å². The van der Waals surface area contributed by atoms with Crippen molar-refractivity contribution in [2.75, 3.05) is 6.61 Å². The Hall–Kier alpha value is -2.66. The van der Waals surface area contributed by atoms with Gasteiger partial charge < -0.3 is 9.47 Å². The van der Waals surface area contributed by atoms with Crippen molar-refractivity contribution in [3.05, 3.63) is 97.3 Å². The fourth-order valence-electron chi connectivity index (χ4n) is 3.33. The molecule has 3 aromatic rings. The van der Waals surface area contributed by atoms with Gasteiger partial charge in [-0.2, -0.15) is 5.01 Å². The van der Waals surface area contributed by atoms with Gasteiger partial charge in [-0.15, -0.1) is 0 Å². The molecule has 1 heterocycles. The van der Waals surface area contributed by atoms with E-state index in [4.69, 9.17) is 21.7 Å². The monoisotopic (exact) mass is 646 g/mol. The van der Waals surface area contributed by atoms with Crippen LogP contribution in [-0.4, -0.2) is 27.8 Å². The summed E-state index contributed by atoms with van der Waals surface area (Å²) in [6.45, 7) is 2.69. The Morgan fingerprint density at radius 3 is 2.58 bits per heavy atom. The van der Waals surface area contributed by atoms with E-state index >= 15 is 0 Å². The van der Waals surface area contributed by atoms with Gasteiger partial charge in [0.25, 0.3) is 11.8 Å². The molecule has 10 heteroatoms. The van der Waals surface area contributed by atoms with Gasteiger partial charge >= 0.3 is 0 Å². The van der Waals surface area contributed by atoms with Crippen LogP contribution in [0.4, 0.5) is 0 Å². The van der Waals surface area contributed by atoms with E-state index in [-0.39, 0.29) is 4.32 Å². The molecule has 1 aliphatic heterocycles. The molecule has 3 aromatic carbocycles. The van der Waals surface area contributed by atoms with E-state index in [1.165, 1.54) is 0 Å². The second-order valence-corrected chi connectivity index (χ2v) is 11.0. The van der Waals surface area contributed by atoms with Crippen molar-refractivity contribution in [1.29, 1.82) is 0 Å². The lowest BCUT2D eigenvalue weighted by Crippen LogP contribution is -2.44. The van der Waals surface area contributed by atoms with Crippen molar-refractivity contribution in [3.8, 4) is 11.5 Å². The predicted octanol–water partition coefficient (Wildman–Crippen LogP) is 6.74. The zero-order chi connectivity index (χ0) is 25.7. The average molecular weight is 648 g/mol. The summed E-state index contributed by atoms with van der Waals surface area (Å²) in [5, 5.41) is 1.09. The van der Waals surface area contributed by atoms with Crippen molar-refractivity contribution in [2.45, 2.75) is 13.5 Å². The highest BCUT2D eigenvalue weighted by atomic mass is 79.9. The highest BCUT2D eigenvalue weighted by molar-refractivity contribution is 9.10. The number of amides is 2. The minimum atomic E-state index is -0.415. The number of carbonyl (C=O) groups excluding carboxylic acids is 2. The van der Waals surface area contributed by atoms with E-state index < -0.39 is 11.8 Å². The van der Waals surface area contributed by atoms with Crippen LogP contribution >= 0.6 is 55.8 Å². The molecular weight excluding hydrogens is 628 g/mol. The van der Waals surface area contributed by atoms with E-state index in [1.54, 1.807) is 36.4 Å². The van der Waals surface area contributed by atoms with E-state index in [9.17, 15) is 9.59 Å². The molecule has 0 radical (unpaired) electrons. The van der Waals surface area contributed by atoms with E-state index in [2.05, 4.69) is 37.3 Å². The first-order valence-electron chi connectivity index (χ1n) is 10.8. The van der Waals surface area contributed by atoms with Gasteiger partial charge in [-0.05, 0) is 88.7 Å². The first kappa shape index (κ1) is 26.4. The maximum Gasteiger partial charge on any atom is 0.285 e. The molecule has 0 atom stereocenters. The molecule has 2 amide bonds. The number of thioether (sulfide) groups is 1. The van der Waals surface area contributed by atoms with Crippen LogP contribution in [0.3, 0.4) is 0 Å². The Morgan fingerprint density at radius 2 is 1.86 bits per heavy atom. The molecule has 0 bridgehead atoms. The Balaban J connectivity index is 1.53. The third kappa shape index (κ3) is 6.36. The number of hydrogen-bond donors (Lipinski definition) is 1. The van der Waals surface area contributed by atoms with Crippen LogP contribution in [0, 0.1) is 0 Å². The normalized spacial score (nSPS) is 14.3. The summed E-state index contributed by atoms with van der Waals surface area (Å²) in [7, 11) is 0. The zero-order valence-electron chi connectivity index (χ0n) is 19.0. The molecule has 0 spiro atoms. The van der Waals surface area contributed by atoms with Gasteiger partial charge in [0.2, 0.25) is 0 Å². The molecular formula is C26H20Br2N2O4S2. The minimum absolute atomic E-state index is 0.244. The first-order valence-corrected chi connectivity index (χ1v) is 13.6. The summed E-state index contributed by atoms with van der Waals surface area (Å²) < 4.78 is 13.8. The number of rotatable bonds is 8. The van der Waals surface area contributed by atoms with Crippen LogP contribution in [0.15, 0.2) is 80.6 Å². The average Bonchev–Trinajstić information content (AvgIpc) is 3.11. The van der Waals surface area contributed by atoms with Crippen LogP contribution in [0.25, 0.3) is 6.08 Å². The lowest BCUT2D eigenvalue weighted by Gasteiger charge is -2.16. The Morgan fingerprint density at radius 1 is 1.08 bits per heavy atom. The zero-order valence-corrected chi connectivity index (χ0v) is 23.8. The quantitative estimate of drug-likeness (QED) is 0.216. The molecule has 1 aliphatic rings. The standard InChI is InChI=1S/C26H20Br2N2O4S2/c1-2-33-21-13-17(12-20(28)23(21)34-15-16-7-6-10-19(27)11-16)14-22-25(32)30(26(35)36-22)29-24(31)18-8-4-3-5-9-18/h3-14H,2,15H2,1H3,(H,29,31)/b22-14+. The predicted molar refractivity (Wildman–Crippen MR) is 153 cm³/mol. The number of hydrazine groups is 1. The number of benzene rings is 3. The SMILES string of the molecule is CCOc1cc(/C=C2/SC(=S)N(NC(=O)c3ccccc3)C2=O)cc(Br)c1OCc1cccc(Br)c1. The van der Waals surface area contributed by atoms with Crippen molar-refractivity contribution in [3.63, 3.8) is 0 Å². The van der Waals surface area contributed by atoms with Crippen molar-refractivity contribution in [1.82, 2.24) is 10.4 Å². The summed E-state index contributed by atoms with van der Waals surface area (Å²) >= 11 is 13.5. The first-order chi connectivity index (χ1) is 17.4. The summed E-state index contributed by atoms with van der Waals surface area (Å²) in [5.41, 5.74) is 4.73. The molecule has 4 rings (SSSR count). The molecule has 184 valence electrons. The second kappa shape index (κ2) is 12.1. The largest absolute Gasteiger partial charge is 0.490 e. The number of hydrogen-bond acceptors (Lipinski definition) is 6. The molecule has 0 aliphatic carbocycles. The van der Waals surface area contributed by atoms with E-state index in [0.29, 0.717) is 39.7 Å². The lowest BCUT2D eigenvalue weighted by molar-refractivity contribution is -0.123. The maximum atomic E-state index is 13.0. The number of thiocarbonyl (C=S) groups is 1. The smallest absolute Gasteiger partial charge is 0.285 e. The Bertz CT molecular complexity index is 1350. The van der Waals surface area contributed by atoms with Gasteiger partial charge in [-0.1, -0.05) is 58.0 Å². The minimum Gasteiger partial charge on any atom is -0.490 e. The number of halogens is 2. The molecule has 0 aromatic heterocycles. The van der Waals surface area contributed by atoms with Gasteiger partial charge in [-0.3, -0.25) is 15.0 Å². The van der Waals surface area contributed by atoms with Crippen molar-refractivity contribution >= 4 is 78.1 Å². The highest BCUT2D eigenvalue weighted by Gasteiger charge is 2.34. The molecule has 6 nitrogen and oxygen atoms in total. The number of carbonyl (C=O) groups is 2. The highest BCUT2D eigenvalue weighted by Crippen LogP contribution is 2.39. The van der Waals surface area contributed by atoms with Crippen LogP contribution in [0.1, 0.15) is 28.4 Å². The third-order valence-corrected chi connectivity index (χ3v) is 7.33. The van der Waals surface area contributed by atoms with Crippen LogP contribution < -0.4 is 14.9 Å². The van der Waals surface area contributed by atoms with Crippen molar-refractivity contribution in [2.24, 2.45) is 0 Å². The molecule has 0 saturated carbocycles. The fourth-order valence-corrected chi connectivity index (χ4v) is 5.53. The topological polar surface area (TPSA) is 67.9 Å². The number of nitrogens with zero attached hydrogens (tertiary/aromatic N) is 1. The third-order valence-electron chi connectivity index (χ3n) is 4.94. The van der Waals surface area contributed by atoms with Crippen LogP contribution in [-0.2, 0) is 11.4 Å². The summed E-state index contributed by atoms with van der Waals surface area (Å²) in [4.78, 5) is 25.9. The van der Waals surface area contributed by atoms with E-state index in [1.807, 2.05) is 43.3 Å². The molecule has 0 unspecified atom stereocenters. The van der Waals surface area contributed by atoms with Crippen LogP contribution in [0.2, 0.25) is 0 Å². The lowest BCUT2D eigenvalue weighted by atomic mass is 10.1. The second-order valence-electron chi connectivity index (χ2n) is 7.51. The van der Waals surface area contributed by atoms with E-state index in [0.717, 1.165) is 32.4 Å². The van der Waals surface area contributed by atoms with Crippen molar-refractivity contribution < 1.29 is 19.1 Å². The summed E-state index contributed by atoms with van der Waals surface area (Å²) in [6, 6.07) is 20.1. The number of ether oxygens (including phenoxy) is 2. The Kier molecular flexibility index (Phi) is 8.84. The van der Waals surface area contributed by atoms with Gasteiger partial charge in [0.05, 0.1) is 16.0 Å². The molecule has 1 fully saturated rings. The molecule has 36 heavy (non-hydrogen) atoms. The maximum absolute atomic E-state index is 13.0. The fraction of sp³-hybridized carbons (Fsp3) is 0.115. The molecule has 1 saturated heterocycles. The van der Waals surface area contributed by atoms with Gasteiger partial charge in [0.15, 0.2) is 15.8 Å². The van der Waals surface area contributed by atoms with Crippen LogP contribution in [0.5, 0.6) is 11.5 Å². The van der Waals surface area contributed by atoms with Gasteiger partial charge in [0.1, 0.15) is 6.61 Å². The van der Waals surface area contributed by atoms with Gasteiger partial charge in [0, 0.05) is 10.0 Å².